The number of fused-ring (bicyclic) bond motifs is 2. The van der Waals surface area contributed by atoms with E-state index >= 15 is 0 Å². The molecule has 1 N–H and O–H groups in total. The van der Waals surface area contributed by atoms with Crippen molar-refractivity contribution in [2.24, 2.45) is 0 Å². The standard InChI is InChI=1S/C23H21N3O3/c1-15(6-11-22(28)24-14-27)26-13-18-12-17(7-9-19(18)23(26)29)21-10-8-16-4-2-3-5-20(16)25-21/h2-5,7-10,12,14-15H,6,11,13H2,1H3,(H,24,27,28). The van der Waals surface area contributed by atoms with Crippen LogP contribution in [0.2, 0.25) is 0 Å². The summed E-state index contributed by atoms with van der Waals surface area (Å²) in [7, 11) is 0. The first kappa shape index (κ1) is 18.8. The second-order valence-electron chi connectivity index (χ2n) is 7.27. The molecule has 4 rings (SSSR count). The first-order valence-electron chi connectivity index (χ1n) is 9.60. The lowest BCUT2D eigenvalue weighted by Gasteiger charge is -2.23. The van der Waals surface area contributed by atoms with Crippen LogP contribution < -0.4 is 5.32 Å². The quantitative estimate of drug-likeness (QED) is 0.658. The Kier molecular flexibility index (Phi) is 5.08. The third-order valence-corrected chi connectivity index (χ3v) is 5.37. The number of hydrogen-bond acceptors (Lipinski definition) is 4. The van der Waals surface area contributed by atoms with Crippen molar-refractivity contribution in [1.82, 2.24) is 15.2 Å². The zero-order valence-electron chi connectivity index (χ0n) is 16.1. The lowest BCUT2D eigenvalue weighted by atomic mass is 10.0. The zero-order chi connectivity index (χ0) is 20.4. The van der Waals surface area contributed by atoms with Gasteiger partial charge in [-0.2, -0.15) is 0 Å². The minimum absolute atomic E-state index is 0.0266. The SMILES string of the molecule is CC(CCC(=O)NC=O)N1Cc2cc(-c3ccc4ccccc4n3)ccc2C1=O. The van der Waals surface area contributed by atoms with Crippen LogP contribution in [0.1, 0.15) is 35.7 Å². The second kappa shape index (κ2) is 7.83. The van der Waals surface area contributed by atoms with E-state index in [2.05, 4.69) is 11.4 Å². The van der Waals surface area contributed by atoms with Gasteiger partial charge < -0.3 is 4.90 Å². The molecule has 1 atom stereocenters. The predicted molar refractivity (Wildman–Crippen MR) is 110 cm³/mol. The minimum Gasteiger partial charge on any atom is -0.332 e. The summed E-state index contributed by atoms with van der Waals surface area (Å²) in [5.74, 6) is -0.359. The molecule has 3 amide bonds. The number of amides is 3. The van der Waals surface area contributed by atoms with E-state index in [0.717, 1.165) is 27.7 Å². The van der Waals surface area contributed by atoms with E-state index in [1.807, 2.05) is 55.5 Å². The van der Waals surface area contributed by atoms with E-state index in [4.69, 9.17) is 4.98 Å². The van der Waals surface area contributed by atoms with Crippen LogP contribution in [-0.4, -0.2) is 34.2 Å². The van der Waals surface area contributed by atoms with Gasteiger partial charge in [0.2, 0.25) is 12.3 Å². The number of carbonyl (C=O) groups excluding carboxylic acids is 3. The molecule has 6 heteroatoms. The number of aromatic nitrogens is 1. The van der Waals surface area contributed by atoms with Crippen LogP contribution in [0.25, 0.3) is 22.2 Å². The summed E-state index contributed by atoms with van der Waals surface area (Å²) in [5.41, 5.74) is 4.44. The molecular formula is C23H21N3O3. The van der Waals surface area contributed by atoms with Crippen LogP contribution in [0.3, 0.4) is 0 Å². The maximum atomic E-state index is 12.8. The maximum Gasteiger partial charge on any atom is 0.254 e. The van der Waals surface area contributed by atoms with Gasteiger partial charge in [-0.15, -0.1) is 0 Å². The van der Waals surface area contributed by atoms with Crippen LogP contribution >= 0.6 is 0 Å². The number of nitrogens with one attached hydrogen (secondary N) is 1. The molecule has 146 valence electrons. The Morgan fingerprint density at radius 2 is 2.03 bits per heavy atom. The van der Waals surface area contributed by atoms with Crippen molar-refractivity contribution in [1.29, 1.82) is 0 Å². The normalized spacial score (nSPS) is 14.0. The molecule has 0 spiro atoms. The number of para-hydroxylation sites is 1. The molecule has 0 saturated carbocycles. The second-order valence-corrected chi connectivity index (χ2v) is 7.27. The first-order chi connectivity index (χ1) is 14.1. The van der Waals surface area contributed by atoms with E-state index in [-0.39, 0.29) is 24.3 Å². The summed E-state index contributed by atoms with van der Waals surface area (Å²) in [6.07, 6.45) is 1.08. The van der Waals surface area contributed by atoms with Gasteiger partial charge in [0, 0.05) is 35.5 Å². The average molecular weight is 387 g/mol. The number of benzene rings is 2. The first-order valence-corrected chi connectivity index (χ1v) is 9.60. The van der Waals surface area contributed by atoms with Crippen molar-refractivity contribution < 1.29 is 14.4 Å². The van der Waals surface area contributed by atoms with Crippen molar-refractivity contribution in [3.8, 4) is 11.3 Å². The van der Waals surface area contributed by atoms with Gasteiger partial charge in [-0.25, -0.2) is 4.98 Å². The fourth-order valence-corrected chi connectivity index (χ4v) is 3.72. The van der Waals surface area contributed by atoms with Gasteiger partial charge >= 0.3 is 0 Å². The average Bonchev–Trinajstić information content (AvgIpc) is 3.08. The zero-order valence-corrected chi connectivity index (χ0v) is 16.1. The summed E-state index contributed by atoms with van der Waals surface area (Å²) in [6.45, 7) is 2.43. The number of pyridine rings is 1. The van der Waals surface area contributed by atoms with Crippen molar-refractivity contribution in [3.05, 3.63) is 65.7 Å². The molecule has 2 aromatic carbocycles. The van der Waals surface area contributed by atoms with Crippen LogP contribution in [-0.2, 0) is 16.1 Å². The Morgan fingerprint density at radius 1 is 1.21 bits per heavy atom. The van der Waals surface area contributed by atoms with Gasteiger partial charge in [0.1, 0.15) is 0 Å². The predicted octanol–water partition coefficient (Wildman–Crippen LogP) is 3.30. The highest BCUT2D eigenvalue weighted by atomic mass is 16.2. The number of rotatable bonds is 6. The molecule has 1 aliphatic heterocycles. The molecule has 29 heavy (non-hydrogen) atoms. The van der Waals surface area contributed by atoms with Gasteiger partial charge in [-0.3, -0.25) is 19.7 Å². The van der Waals surface area contributed by atoms with Crippen molar-refractivity contribution in [2.75, 3.05) is 0 Å². The van der Waals surface area contributed by atoms with Gasteiger partial charge in [0.15, 0.2) is 0 Å². The Bertz CT molecular complexity index is 1110. The fraction of sp³-hybridized carbons (Fsp3) is 0.217. The summed E-state index contributed by atoms with van der Waals surface area (Å²) < 4.78 is 0. The Balaban J connectivity index is 1.53. The Hall–Kier alpha value is -3.54. The van der Waals surface area contributed by atoms with E-state index in [1.165, 1.54) is 0 Å². The number of imide groups is 1. The Morgan fingerprint density at radius 3 is 2.86 bits per heavy atom. The van der Waals surface area contributed by atoms with Gasteiger partial charge in [-0.1, -0.05) is 30.3 Å². The van der Waals surface area contributed by atoms with Gasteiger partial charge in [0.05, 0.1) is 11.2 Å². The molecule has 1 aromatic heterocycles. The van der Waals surface area contributed by atoms with Gasteiger partial charge in [0.25, 0.3) is 5.91 Å². The highest BCUT2D eigenvalue weighted by molar-refractivity contribution is 5.99. The lowest BCUT2D eigenvalue weighted by molar-refractivity contribution is -0.125. The fourth-order valence-electron chi connectivity index (χ4n) is 3.72. The van der Waals surface area contributed by atoms with Crippen LogP contribution in [0.5, 0.6) is 0 Å². The smallest absolute Gasteiger partial charge is 0.254 e. The third-order valence-electron chi connectivity index (χ3n) is 5.37. The number of hydrogen-bond donors (Lipinski definition) is 1. The summed E-state index contributed by atoms with van der Waals surface area (Å²) in [6, 6.07) is 17.7. The minimum atomic E-state index is -0.333. The van der Waals surface area contributed by atoms with E-state index in [9.17, 15) is 14.4 Å². The molecule has 0 fully saturated rings. The summed E-state index contributed by atoms with van der Waals surface area (Å²) in [4.78, 5) is 41.1. The highest BCUT2D eigenvalue weighted by Crippen LogP contribution is 2.30. The molecule has 3 aromatic rings. The molecule has 2 heterocycles. The van der Waals surface area contributed by atoms with Gasteiger partial charge in [-0.05, 0) is 43.2 Å². The van der Waals surface area contributed by atoms with E-state index in [1.54, 1.807) is 4.90 Å². The molecule has 0 saturated heterocycles. The highest BCUT2D eigenvalue weighted by Gasteiger charge is 2.31. The monoisotopic (exact) mass is 387 g/mol. The molecule has 0 bridgehead atoms. The Labute approximate surface area is 168 Å². The number of carbonyl (C=O) groups is 3. The van der Waals surface area contributed by atoms with Crippen LogP contribution in [0.15, 0.2) is 54.6 Å². The molecule has 0 radical (unpaired) electrons. The molecule has 6 nitrogen and oxygen atoms in total. The van der Waals surface area contributed by atoms with Crippen molar-refractivity contribution in [2.45, 2.75) is 32.4 Å². The summed E-state index contributed by atoms with van der Waals surface area (Å²) >= 11 is 0. The molecule has 0 aliphatic carbocycles. The van der Waals surface area contributed by atoms with Crippen molar-refractivity contribution in [3.63, 3.8) is 0 Å². The number of nitrogens with zero attached hydrogens (tertiary/aromatic N) is 2. The molecule has 1 unspecified atom stereocenters. The maximum absolute atomic E-state index is 12.8. The molecular weight excluding hydrogens is 366 g/mol. The topological polar surface area (TPSA) is 79.4 Å². The van der Waals surface area contributed by atoms with E-state index < -0.39 is 0 Å². The van der Waals surface area contributed by atoms with Crippen molar-refractivity contribution >= 4 is 29.1 Å². The third kappa shape index (κ3) is 3.74. The van der Waals surface area contributed by atoms with Crippen LogP contribution in [0.4, 0.5) is 0 Å². The largest absolute Gasteiger partial charge is 0.332 e. The lowest BCUT2D eigenvalue weighted by Crippen LogP contribution is -2.34. The van der Waals surface area contributed by atoms with Crippen LogP contribution in [0, 0.1) is 0 Å². The summed E-state index contributed by atoms with van der Waals surface area (Å²) in [5, 5.41) is 3.22. The van der Waals surface area contributed by atoms with E-state index in [0.29, 0.717) is 24.9 Å². The molecule has 1 aliphatic rings.